The number of nitrogen functional groups attached to an aromatic ring is 1. The minimum atomic E-state index is -0.409. The van der Waals surface area contributed by atoms with E-state index in [4.69, 9.17) is 11.1 Å². The predicted molar refractivity (Wildman–Crippen MR) is 152 cm³/mol. The van der Waals surface area contributed by atoms with E-state index in [1.54, 1.807) is 6.07 Å². The largest absolute Gasteiger partial charge is 0.384 e. The molecule has 1 saturated heterocycles. The molecule has 8 heteroatoms. The van der Waals surface area contributed by atoms with Crippen molar-refractivity contribution in [2.45, 2.75) is 81.5 Å². The summed E-state index contributed by atoms with van der Waals surface area (Å²) in [5.41, 5.74) is 8.71. The van der Waals surface area contributed by atoms with Crippen LogP contribution in [0.2, 0.25) is 0 Å². The molecule has 0 spiro atoms. The number of carbonyl (C=O) groups excluding carboxylic acids is 2. The molecule has 1 unspecified atom stereocenters. The van der Waals surface area contributed by atoms with Crippen molar-refractivity contribution < 1.29 is 9.59 Å². The average molecular weight is 522 g/mol. The third kappa shape index (κ3) is 6.54. The van der Waals surface area contributed by atoms with Crippen LogP contribution in [0, 0.1) is 5.41 Å². The number of benzene rings is 2. The zero-order chi connectivity index (χ0) is 26.5. The number of likely N-dealkylation sites (tertiary alicyclic amines) is 1. The van der Waals surface area contributed by atoms with Gasteiger partial charge in [-0.3, -0.25) is 19.9 Å². The Kier molecular flexibility index (Phi) is 8.92. The highest BCUT2D eigenvalue weighted by atomic mass is 32.2. The number of anilines is 2. The van der Waals surface area contributed by atoms with Crippen molar-refractivity contribution >= 4 is 40.8 Å². The maximum atomic E-state index is 13.8. The molecule has 3 atom stereocenters. The maximum Gasteiger partial charge on any atom is 0.245 e. The molecule has 4 rings (SSSR count). The number of fused-ring (bicyclic) bond motifs is 1. The first-order valence-corrected chi connectivity index (χ1v) is 14.2. The molecule has 2 aliphatic rings. The van der Waals surface area contributed by atoms with Crippen LogP contribution in [0.25, 0.3) is 0 Å². The number of piperidine rings is 1. The van der Waals surface area contributed by atoms with Gasteiger partial charge in [0.2, 0.25) is 11.8 Å². The highest BCUT2D eigenvalue weighted by Gasteiger charge is 2.35. The summed E-state index contributed by atoms with van der Waals surface area (Å²) in [6.45, 7) is 7.90. The molecular weight excluding hydrogens is 482 g/mol. The number of nitrogens with one attached hydrogen (secondary N) is 2. The van der Waals surface area contributed by atoms with Gasteiger partial charge in [-0.1, -0.05) is 31.0 Å². The third-order valence-corrected chi connectivity index (χ3v) is 8.79. The van der Waals surface area contributed by atoms with Crippen LogP contribution in [0.4, 0.5) is 11.4 Å². The summed E-state index contributed by atoms with van der Waals surface area (Å²) >= 11 is 1.51. The van der Waals surface area contributed by atoms with E-state index in [1.165, 1.54) is 37.9 Å². The Morgan fingerprint density at radius 3 is 2.51 bits per heavy atom. The quantitative estimate of drug-likeness (QED) is 0.228. The zero-order valence-corrected chi connectivity index (χ0v) is 22.9. The summed E-state index contributed by atoms with van der Waals surface area (Å²) in [6.07, 6.45) is 6.97. The minimum Gasteiger partial charge on any atom is -0.384 e. The van der Waals surface area contributed by atoms with Crippen LogP contribution in [0.3, 0.4) is 0 Å². The number of nitrogens with two attached hydrogens (primary N) is 1. The van der Waals surface area contributed by atoms with E-state index >= 15 is 0 Å². The van der Waals surface area contributed by atoms with Crippen molar-refractivity contribution in [2.75, 3.05) is 23.3 Å². The molecule has 0 saturated carbocycles. The van der Waals surface area contributed by atoms with Crippen LogP contribution >= 0.6 is 11.8 Å². The normalized spacial score (nSPS) is 22.0. The van der Waals surface area contributed by atoms with Gasteiger partial charge in [-0.05, 0) is 75.9 Å². The molecule has 0 radical (unpaired) electrons. The van der Waals surface area contributed by atoms with Gasteiger partial charge in [-0.2, -0.15) is 0 Å². The van der Waals surface area contributed by atoms with Crippen molar-refractivity contribution in [2.24, 2.45) is 5.73 Å². The predicted octanol–water partition coefficient (Wildman–Crippen LogP) is 5.54. The molecule has 37 heavy (non-hydrogen) atoms. The molecule has 0 aliphatic carbocycles. The topological polar surface area (TPSA) is 103 Å². The summed E-state index contributed by atoms with van der Waals surface area (Å²) in [5, 5.41) is 10.2. The first kappa shape index (κ1) is 27.2. The van der Waals surface area contributed by atoms with E-state index in [-0.39, 0.29) is 17.6 Å². The number of hydrogen-bond donors (Lipinski definition) is 3. The van der Waals surface area contributed by atoms with Crippen LogP contribution in [0.15, 0.2) is 47.4 Å². The van der Waals surface area contributed by atoms with Crippen LogP contribution in [0.5, 0.6) is 0 Å². The summed E-state index contributed by atoms with van der Waals surface area (Å²) in [4.78, 5) is 31.0. The SMILES string of the molecule is CC(=O)Nc1ccc2c(c1)N(CCCCCN1[C@H](C)CCC[C@@H]1C)C(=O)C(c1cccc(C(=N)N)c1)S2. The van der Waals surface area contributed by atoms with Crippen molar-refractivity contribution in [1.29, 1.82) is 5.41 Å². The molecule has 0 aromatic heterocycles. The van der Waals surface area contributed by atoms with Crippen LogP contribution in [0.1, 0.15) is 75.7 Å². The molecule has 2 heterocycles. The van der Waals surface area contributed by atoms with E-state index in [1.807, 2.05) is 41.3 Å². The van der Waals surface area contributed by atoms with Crippen LogP contribution in [-0.2, 0) is 9.59 Å². The highest BCUT2D eigenvalue weighted by Crippen LogP contribution is 2.47. The summed E-state index contributed by atoms with van der Waals surface area (Å²) in [7, 11) is 0. The molecule has 2 amide bonds. The maximum absolute atomic E-state index is 13.8. The van der Waals surface area contributed by atoms with Gasteiger partial charge in [0.15, 0.2) is 0 Å². The average Bonchev–Trinajstić information content (AvgIpc) is 2.86. The Labute approximate surface area is 224 Å². The number of unbranched alkanes of at least 4 members (excludes halogenated alkanes) is 2. The fourth-order valence-electron chi connectivity index (χ4n) is 5.51. The molecule has 1 fully saturated rings. The molecule has 2 aromatic carbocycles. The summed E-state index contributed by atoms with van der Waals surface area (Å²) in [6, 6.07) is 14.5. The second kappa shape index (κ2) is 12.1. The molecular formula is C29H39N5O2S. The minimum absolute atomic E-state index is 0.00958. The van der Waals surface area contributed by atoms with E-state index < -0.39 is 5.25 Å². The van der Waals surface area contributed by atoms with E-state index in [2.05, 4.69) is 24.1 Å². The van der Waals surface area contributed by atoms with Gasteiger partial charge < -0.3 is 16.0 Å². The van der Waals surface area contributed by atoms with Gasteiger partial charge in [0.25, 0.3) is 0 Å². The number of amides is 2. The first-order chi connectivity index (χ1) is 17.7. The Morgan fingerprint density at radius 1 is 1.08 bits per heavy atom. The van der Waals surface area contributed by atoms with Gasteiger partial charge in [-0.15, -0.1) is 11.8 Å². The van der Waals surface area contributed by atoms with Crippen molar-refractivity contribution in [3.05, 3.63) is 53.6 Å². The Balaban J connectivity index is 1.50. The van der Waals surface area contributed by atoms with Crippen LogP contribution < -0.4 is 16.0 Å². The molecule has 2 aliphatic heterocycles. The van der Waals surface area contributed by atoms with Gasteiger partial charge in [0, 0.05) is 41.7 Å². The third-order valence-electron chi connectivity index (χ3n) is 7.48. The monoisotopic (exact) mass is 521 g/mol. The van der Waals surface area contributed by atoms with Crippen molar-refractivity contribution in [3.8, 4) is 0 Å². The lowest BCUT2D eigenvalue weighted by Gasteiger charge is -2.39. The highest BCUT2D eigenvalue weighted by molar-refractivity contribution is 8.00. The zero-order valence-electron chi connectivity index (χ0n) is 22.1. The molecule has 7 nitrogen and oxygen atoms in total. The second-order valence-electron chi connectivity index (χ2n) is 10.3. The standard InChI is InChI=1S/C29H39N5O2S/c1-19-9-7-10-20(2)33(19)15-5-4-6-16-34-25-18-24(32-21(3)35)13-14-26(25)37-27(29(34)36)22-11-8-12-23(17-22)28(30)31/h8,11-14,17-20,27H,4-7,9-10,15-16H2,1-3H3,(H3,30,31)(H,32,35)/t19-,20+,27?. The number of carbonyl (C=O) groups is 2. The molecule has 0 bridgehead atoms. The lowest BCUT2D eigenvalue weighted by molar-refractivity contribution is -0.118. The van der Waals surface area contributed by atoms with E-state index in [9.17, 15) is 9.59 Å². The molecule has 198 valence electrons. The van der Waals surface area contributed by atoms with E-state index in [0.717, 1.165) is 42.0 Å². The van der Waals surface area contributed by atoms with Crippen molar-refractivity contribution in [3.63, 3.8) is 0 Å². The molecule has 4 N–H and O–H groups in total. The second-order valence-corrected chi connectivity index (χ2v) is 11.5. The van der Waals surface area contributed by atoms with Crippen molar-refractivity contribution in [1.82, 2.24) is 4.90 Å². The van der Waals surface area contributed by atoms with Crippen LogP contribution in [-0.4, -0.2) is 47.7 Å². The Hall–Kier alpha value is -2.84. The lowest BCUT2D eigenvalue weighted by atomic mass is 9.97. The number of rotatable bonds is 9. The Morgan fingerprint density at radius 2 is 1.81 bits per heavy atom. The summed E-state index contributed by atoms with van der Waals surface area (Å²) in [5.74, 6) is -0.123. The van der Waals surface area contributed by atoms with Gasteiger partial charge >= 0.3 is 0 Å². The number of amidine groups is 1. The summed E-state index contributed by atoms with van der Waals surface area (Å²) < 4.78 is 0. The van der Waals surface area contributed by atoms with Gasteiger partial charge in [0.05, 0.1) is 5.69 Å². The first-order valence-electron chi connectivity index (χ1n) is 13.3. The molecule has 2 aromatic rings. The van der Waals surface area contributed by atoms with Gasteiger partial charge in [0.1, 0.15) is 11.1 Å². The fraction of sp³-hybridized carbons (Fsp3) is 0.483. The Bertz CT molecular complexity index is 1140. The number of nitrogens with zero attached hydrogens (tertiary/aromatic N) is 2. The lowest BCUT2D eigenvalue weighted by Crippen LogP contribution is -2.44. The smallest absolute Gasteiger partial charge is 0.245 e. The van der Waals surface area contributed by atoms with Gasteiger partial charge in [-0.25, -0.2) is 0 Å². The number of thioether (sulfide) groups is 1. The fourth-order valence-corrected chi connectivity index (χ4v) is 6.71. The number of hydrogen-bond acceptors (Lipinski definition) is 5. The van der Waals surface area contributed by atoms with E-state index in [0.29, 0.717) is 29.9 Å².